The Hall–Kier alpha value is -1.39. The zero-order valence-electron chi connectivity index (χ0n) is 12.7. The normalized spacial score (nSPS) is 28.5. The van der Waals surface area contributed by atoms with Gasteiger partial charge in [0, 0.05) is 31.7 Å². The second kappa shape index (κ2) is 6.16. The maximum Gasteiger partial charge on any atom is 0.253 e. The van der Waals surface area contributed by atoms with E-state index < -0.39 is 0 Å². The van der Waals surface area contributed by atoms with Crippen molar-refractivity contribution in [3.05, 3.63) is 35.4 Å². The summed E-state index contributed by atoms with van der Waals surface area (Å²) in [5.41, 5.74) is 1.85. The number of hydrogen-bond donors (Lipinski definition) is 0. The van der Waals surface area contributed by atoms with Crippen LogP contribution >= 0.6 is 0 Å². The van der Waals surface area contributed by atoms with E-state index in [9.17, 15) is 4.79 Å². The van der Waals surface area contributed by atoms with Gasteiger partial charge in [0.1, 0.15) is 0 Å². The van der Waals surface area contributed by atoms with Crippen LogP contribution in [0.4, 0.5) is 0 Å². The minimum atomic E-state index is 0.136. The minimum Gasteiger partial charge on any atom is -0.380 e. The first-order valence-electron chi connectivity index (χ1n) is 7.70. The third-order valence-electron chi connectivity index (χ3n) is 4.51. The molecule has 0 bridgehead atoms. The van der Waals surface area contributed by atoms with Crippen LogP contribution in [0.25, 0.3) is 0 Å². The molecule has 1 aromatic rings. The summed E-state index contributed by atoms with van der Waals surface area (Å²) in [6.45, 7) is 4.33. The standard InChI is InChI=1S/C17H23NO3/c1-12-9-15-10-18(8-7-16(15)21-12)17(19)14-5-3-13(4-6-14)11-20-2/h3-6,12,15-16H,7-11H2,1-2H3/t12-,15-,16-/m0/s1. The number of rotatable bonds is 3. The number of methoxy groups -OCH3 is 1. The van der Waals surface area contributed by atoms with Gasteiger partial charge in [-0.25, -0.2) is 0 Å². The van der Waals surface area contributed by atoms with Gasteiger partial charge in [0.15, 0.2) is 0 Å². The van der Waals surface area contributed by atoms with E-state index in [1.807, 2.05) is 29.2 Å². The summed E-state index contributed by atoms with van der Waals surface area (Å²) in [5, 5.41) is 0. The maximum absolute atomic E-state index is 12.6. The molecular weight excluding hydrogens is 266 g/mol. The quantitative estimate of drug-likeness (QED) is 0.858. The summed E-state index contributed by atoms with van der Waals surface area (Å²) in [6.07, 6.45) is 2.72. The van der Waals surface area contributed by atoms with Gasteiger partial charge in [0.2, 0.25) is 0 Å². The second-order valence-corrected chi connectivity index (χ2v) is 6.15. The number of likely N-dealkylation sites (tertiary alicyclic amines) is 1. The molecular formula is C17H23NO3. The first-order valence-corrected chi connectivity index (χ1v) is 7.70. The van der Waals surface area contributed by atoms with Crippen molar-refractivity contribution in [2.24, 2.45) is 5.92 Å². The van der Waals surface area contributed by atoms with Crippen molar-refractivity contribution in [2.45, 2.75) is 38.6 Å². The molecule has 0 aliphatic carbocycles. The summed E-state index contributed by atoms with van der Waals surface area (Å²) in [6, 6.07) is 7.72. The van der Waals surface area contributed by atoms with Crippen LogP contribution in [0, 0.1) is 5.92 Å². The van der Waals surface area contributed by atoms with Crippen molar-refractivity contribution in [1.82, 2.24) is 4.90 Å². The monoisotopic (exact) mass is 289 g/mol. The molecule has 0 N–H and O–H groups in total. The lowest BCUT2D eigenvalue weighted by Crippen LogP contribution is -2.44. The summed E-state index contributed by atoms with van der Waals surface area (Å²) in [5.74, 6) is 0.641. The van der Waals surface area contributed by atoms with Gasteiger partial charge in [-0.1, -0.05) is 12.1 Å². The van der Waals surface area contributed by atoms with Crippen LogP contribution < -0.4 is 0 Å². The fraction of sp³-hybridized carbons (Fsp3) is 0.588. The number of ether oxygens (including phenoxy) is 2. The molecule has 0 aromatic heterocycles. The van der Waals surface area contributed by atoms with Gasteiger partial charge in [-0.05, 0) is 37.5 Å². The highest BCUT2D eigenvalue weighted by Gasteiger charge is 2.38. The van der Waals surface area contributed by atoms with E-state index in [2.05, 4.69) is 6.92 Å². The van der Waals surface area contributed by atoms with Crippen LogP contribution in [0.5, 0.6) is 0 Å². The average Bonchev–Trinajstić information content (AvgIpc) is 2.86. The fourth-order valence-electron chi connectivity index (χ4n) is 3.47. The van der Waals surface area contributed by atoms with Gasteiger partial charge < -0.3 is 14.4 Å². The van der Waals surface area contributed by atoms with E-state index in [4.69, 9.17) is 9.47 Å². The largest absolute Gasteiger partial charge is 0.380 e. The molecule has 3 rings (SSSR count). The summed E-state index contributed by atoms with van der Waals surface area (Å²) >= 11 is 0. The van der Waals surface area contributed by atoms with E-state index in [-0.39, 0.29) is 5.91 Å². The van der Waals surface area contributed by atoms with Crippen molar-refractivity contribution in [3.63, 3.8) is 0 Å². The van der Waals surface area contributed by atoms with Gasteiger partial charge in [-0.15, -0.1) is 0 Å². The highest BCUT2D eigenvalue weighted by atomic mass is 16.5. The molecule has 2 heterocycles. The van der Waals surface area contributed by atoms with Crippen molar-refractivity contribution in [2.75, 3.05) is 20.2 Å². The van der Waals surface area contributed by atoms with E-state index in [0.29, 0.717) is 24.7 Å². The molecule has 2 aliphatic heterocycles. The second-order valence-electron chi connectivity index (χ2n) is 6.15. The van der Waals surface area contributed by atoms with Gasteiger partial charge in [0.05, 0.1) is 18.8 Å². The smallest absolute Gasteiger partial charge is 0.253 e. The van der Waals surface area contributed by atoms with E-state index in [1.165, 1.54) is 0 Å². The van der Waals surface area contributed by atoms with E-state index in [1.54, 1.807) is 7.11 Å². The Bertz CT molecular complexity index is 499. The van der Waals surface area contributed by atoms with Crippen LogP contribution in [0.3, 0.4) is 0 Å². The molecule has 0 spiro atoms. The van der Waals surface area contributed by atoms with Crippen LogP contribution in [0.1, 0.15) is 35.7 Å². The number of hydrogen-bond acceptors (Lipinski definition) is 3. The van der Waals surface area contributed by atoms with Crippen molar-refractivity contribution < 1.29 is 14.3 Å². The maximum atomic E-state index is 12.6. The Morgan fingerprint density at radius 1 is 1.38 bits per heavy atom. The molecule has 2 aliphatic rings. The fourth-order valence-corrected chi connectivity index (χ4v) is 3.47. The molecule has 0 unspecified atom stereocenters. The van der Waals surface area contributed by atoms with Crippen LogP contribution in [-0.2, 0) is 16.1 Å². The molecule has 114 valence electrons. The minimum absolute atomic E-state index is 0.136. The van der Waals surface area contributed by atoms with Gasteiger partial charge >= 0.3 is 0 Å². The molecule has 0 radical (unpaired) electrons. The molecule has 3 atom stereocenters. The summed E-state index contributed by atoms with van der Waals surface area (Å²) in [7, 11) is 1.67. The SMILES string of the molecule is COCc1ccc(C(=O)N2CC[C@@H]3O[C@@H](C)C[C@H]3C2)cc1. The number of carbonyl (C=O) groups is 1. The number of fused-ring (bicyclic) bond motifs is 1. The molecule has 0 saturated carbocycles. The lowest BCUT2D eigenvalue weighted by atomic mass is 9.92. The van der Waals surface area contributed by atoms with Gasteiger partial charge in [0.25, 0.3) is 5.91 Å². The number of benzene rings is 1. The number of carbonyl (C=O) groups excluding carboxylic acids is 1. The topological polar surface area (TPSA) is 38.8 Å². The van der Waals surface area contributed by atoms with Crippen molar-refractivity contribution in [3.8, 4) is 0 Å². The molecule has 2 saturated heterocycles. The van der Waals surface area contributed by atoms with Gasteiger partial charge in [-0.3, -0.25) is 4.79 Å². The lowest BCUT2D eigenvalue weighted by Gasteiger charge is -2.34. The summed E-state index contributed by atoms with van der Waals surface area (Å²) in [4.78, 5) is 14.6. The molecule has 4 heteroatoms. The van der Waals surface area contributed by atoms with Crippen LogP contribution in [0.2, 0.25) is 0 Å². The predicted molar refractivity (Wildman–Crippen MR) is 80.1 cm³/mol. The predicted octanol–water partition coefficient (Wildman–Crippen LogP) is 2.47. The first kappa shape index (κ1) is 14.5. The third-order valence-corrected chi connectivity index (χ3v) is 4.51. The zero-order chi connectivity index (χ0) is 14.8. The molecule has 1 amide bonds. The van der Waals surface area contributed by atoms with Gasteiger partial charge in [-0.2, -0.15) is 0 Å². The Kier molecular flexibility index (Phi) is 4.27. The highest BCUT2D eigenvalue weighted by Crippen LogP contribution is 2.33. The molecule has 2 fully saturated rings. The third kappa shape index (κ3) is 3.11. The van der Waals surface area contributed by atoms with Crippen molar-refractivity contribution >= 4 is 5.91 Å². The summed E-state index contributed by atoms with van der Waals surface area (Å²) < 4.78 is 11.0. The highest BCUT2D eigenvalue weighted by molar-refractivity contribution is 5.94. The van der Waals surface area contributed by atoms with E-state index >= 15 is 0 Å². The number of nitrogens with zero attached hydrogens (tertiary/aromatic N) is 1. The Labute approximate surface area is 126 Å². The number of amides is 1. The van der Waals surface area contributed by atoms with E-state index in [0.717, 1.165) is 37.1 Å². The van der Waals surface area contributed by atoms with Crippen LogP contribution in [0.15, 0.2) is 24.3 Å². The average molecular weight is 289 g/mol. The molecule has 21 heavy (non-hydrogen) atoms. The van der Waals surface area contributed by atoms with Crippen LogP contribution in [-0.4, -0.2) is 43.2 Å². The Morgan fingerprint density at radius 3 is 2.86 bits per heavy atom. The first-order chi connectivity index (χ1) is 10.2. The number of piperidine rings is 1. The molecule has 1 aromatic carbocycles. The zero-order valence-corrected chi connectivity index (χ0v) is 12.7. The van der Waals surface area contributed by atoms with Crippen molar-refractivity contribution in [1.29, 1.82) is 0 Å². The Balaban J connectivity index is 1.65. The Morgan fingerprint density at radius 2 is 2.14 bits per heavy atom. The molecule has 4 nitrogen and oxygen atoms in total. The lowest BCUT2D eigenvalue weighted by molar-refractivity contribution is 0.00865.